The maximum absolute atomic E-state index is 4.51. The minimum atomic E-state index is 0.585. The minimum absolute atomic E-state index is 0.585. The van der Waals surface area contributed by atoms with E-state index in [0.717, 1.165) is 6.54 Å². The monoisotopic (exact) mass is 200 g/mol. The molecule has 1 saturated carbocycles. The van der Waals surface area contributed by atoms with E-state index in [4.69, 9.17) is 0 Å². The predicted octanol–water partition coefficient (Wildman–Crippen LogP) is 2.80. The summed E-state index contributed by atoms with van der Waals surface area (Å²) in [5.41, 5.74) is 4.15. The van der Waals surface area contributed by atoms with Crippen molar-refractivity contribution in [3.8, 4) is 0 Å². The number of aliphatic imine (C=N–C) groups is 1. The van der Waals surface area contributed by atoms with Crippen LogP contribution in [0.4, 0.5) is 5.69 Å². The highest BCUT2D eigenvalue weighted by Gasteiger charge is 2.42. The fourth-order valence-electron chi connectivity index (χ4n) is 2.36. The Morgan fingerprint density at radius 2 is 2.40 bits per heavy atom. The summed E-state index contributed by atoms with van der Waals surface area (Å²) in [6.07, 6.45) is 4.46. The molecule has 1 fully saturated rings. The second-order valence-electron chi connectivity index (χ2n) is 4.42. The summed E-state index contributed by atoms with van der Waals surface area (Å²) >= 11 is 0. The van der Waals surface area contributed by atoms with Gasteiger partial charge in [0.2, 0.25) is 0 Å². The summed E-state index contributed by atoms with van der Waals surface area (Å²) in [4.78, 5) is 4.51. The standard InChI is InChI=1S/C13H16N2/c1-2-6-14-11-5-3-4-9-8-15-12-7-10(12)13(9)11/h3-5,8,10,12,14H,2,6-7H2,1H3. The van der Waals surface area contributed by atoms with Crippen LogP contribution in [0.5, 0.6) is 0 Å². The molecule has 0 aromatic heterocycles. The lowest BCUT2D eigenvalue weighted by molar-refractivity contribution is 0.949. The molecule has 0 amide bonds. The molecular formula is C13H16N2. The second-order valence-corrected chi connectivity index (χ2v) is 4.42. The Kier molecular flexibility index (Phi) is 2.01. The minimum Gasteiger partial charge on any atom is -0.385 e. The van der Waals surface area contributed by atoms with Crippen LogP contribution < -0.4 is 5.32 Å². The number of fused-ring (bicyclic) bond motifs is 3. The molecule has 2 aliphatic rings. The number of hydrogen-bond acceptors (Lipinski definition) is 2. The smallest absolute Gasteiger partial charge is 0.0576 e. The van der Waals surface area contributed by atoms with Crippen molar-refractivity contribution in [1.29, 1.82) is 0 Å². The Morgan fingerprint density at radius 1 is 1.47 bits per heavy atom. The summed E-state index contributed by atoms with van der Waals surface area (Å²) in [5, 5.41) is 3.52. The molecule has 1 N–H and O–H groups in total. The van der Waals surface area contributed by atoms with Gasteiger partial charge in [-0.05, 0) is 30.0 Å². The number of benzene rings is 1. The Balaban J connectivity index is 1.98. The third-order valence-corrected chi connectivity index (χ3v) is 3.24. The topological polar surface area (TPSA) is 24.4 Å². The molecular weight excluding hydrogens is 184 g/mol. The molecule has 1 aromatic rings. The third kappa shape index (κ3) is 1.44. The Morgan fingerprint density at radius 3 is 3.27 bits per heavy atom. The van der Waals surface area contributed by atoms with Gasteiger partial charge in [0.15, 0.2) is 0 Å². The third-order valence-electron chi connectivity index (χ3n) is 3.24. The van der Waals surface area contributed by atoms with Crippen LogP contribution in [0.15, 0.2) is 23.2 Å². The summed E-state index contributed by atoms with van der Waals surface area (Å²) in [6, 6.07) is 7.07. The summed E-state index contributed by atoms with van der Waals surface area (Å²) in [7, 11) is 0. The maximum atomic E-state index is 4.51. The first kappa shape index (κ1) is 8.96. The van der Waals surface area contributed by atoms with Gasteiger partial charge in [0, 0.05) is 24.4 Å². The first-order chi connectivity index (χ1) is 7.40. The van der Waals surface area contributed by atoms with E-state index in [1.807, 2.05) is 6.21 Å². The zero-order valence-electron chi connectivity index (χ0n) is 9.03. The van der Waals surface area contributed by atoms with Crippen molar-refractivity contribution in [2.75, 3.05) is 11.9 Å². The van der Waals surface area contributed by atoms with E-state index in [1.165, 1.54) is 29.7 Å². The normalized spacial score (nSPS) is 25.7. The Labute approximate surface area is 90.4 Å². The molecule has 2 unspecified atom stereocenters. The largest absolute Gasteiger partial charge is 0.385 e. The predicted molar refractivity (Wildman–Crippen MR) is 64.0 cm³/mol. The molecule has 1 aliphatic heterocycles. The molecule has 1 aliphatic carbocycles. The van der Waals surface area contributed by atoms with Gasteiger partial charge in [-0.3, -0.25) is 4.99 Å². The molecule has 3 rings (SSSR count). The maximum Gasteiger partial charge on any atom is 0.0576 e. The van der Waals surface area contributed by atoms with Crippen LogP contribution in [0.3, 0.4) is 0 Å². The van der Waals surface area contributed by atoms with Gasteiger partial charge >= 0.3 is 0 Å². The number of rotatable bonds is 3. The van der Waals surface area contributed by atoms with Gasteiger partial charge < -0.3 is 5.32 Å². The van der Waals surface area contributed by atoms with Crippen molar-refractivity contribution >= 4 is 11.9 Å². The Hall–Kier alpha value is -1.31. The van der Waals surface area contributed by atoms with Gasteiger partial charge in [-0.2, -0.15) is 0 Å². The van der Waals surface area contributed by atoms with E-state index in [-0.39, 0.29) is 0 Å². The molecule has 2 heteroatoms. The van der Waals surface area contributed by atoms with E-state index >= 15 is 0 Å². The molecule has 2 atom stereocenters. The van der Waals surface area contributed by atoms with Crippen LogP contribution in [0.1, 0.15) is 36.8 Å². The fourth-order valence-corrected chi connectivity index (χ4v) is 2.36. The summed E-state index contributed by atoms with van der Waals surface area (Å²) < 4.78 is 0. The quantitative estimate of drug-likeness (QED) is 0.797. The van der Waals surface area contributed by atoms with Crippen LogP contribution in [0, 0.1) is 0 Å². The first-order valence-electron chi connectivity index (χ1n) is 5.80. The second kappa shape index (κ2) is 3.37. The van der Waals surface area contributed by atoms with E-state index in [9.17, 15) is 0 Å². The van der Waals surface area contributed by atoms with Gasteiger partial charge in [0.25, 0.3) is 0 Å². The molecule has 1 aromatic carbocycles. The average molecular weight is 200 g/mol. The highest BCUT2D eigenvalue weighted by atomic mass is 14.9. The summed E-state index contributed by atoms with van der Waals surface area (Å²) in [6.45, 7) is 3.26. The Bertz CT molecular complexity index is 409. The van der Waals surface area contributed by atoms with Gasteiger partial charge in [0.1, 0.15) is 0 Å². The SMILES string of the molecule is CCCNc1cccc2c1C1CC1N=C2. The molecule has 0 spiro atoms. The first-order valence-corrected chi connectivity index (χ1v) is 5.80. The van der Waals surface area contributed by atoms with Crippen molar-refractivity contribution in [2.24, 2.45) is 4.99 Å². The summed E-state index contributed by atoms with van der Waals surface area (Å²) in [5.74, 6) is 0.700. The van der Waals surface area contributed by atoms with E-state index in [0.29, 0.717) is 12.0 Å². The van der Waals surface area contributed by atoms with Gasteiger partial charge in [0.05, 0.1) is 6.04 Å². The zero-order valence-corrected chi connectivity index (χ0v) is 9.03. The van der Waals surface area contributed by atoms with E-state index in [2.05, 4.69) is 35.4 Å². The molecule has 2 nitrogen and oxygen atoms in total. The van der Waals surface area contributed by atoms with Crippen molar-refractivity contribution < 1.29 is 0 Å². The van der Waals surface area contributed by atoms with Crippen LogP contribution in [0.2, 0.25) is 0 Å². The number of nitrogens with zero attached hydrogens (tertiary/aromatic N) is 1. The lowest BCUT2D eigenvalue weighted by atomic mass is 9.99. The molecule has 1 heterocycles. The number of anilines is 1. The highest BCUT2D eigenvalue weighted by Crippen LogP contribution is 2.49. The van der Waals surface area contributed by atoms with Crippen molar-refractivity contribution in [3.63, 3.8) is 0 Å². The fraction of sp³-hybridized carbons (Fsp3) is 0.462. The molecule has 0 saturated heterocycles. The van der Waals surface area contributed by atoms with Gasteiger partial charge in [-0.1, -0.05) is 19.1 Å². The van der Waals surface area contributed by atoms with Crippen LogP contribution >= 0.6 is 0 Å². The zero-order chi connectivity index (χ0) is 10.3. The number of nitrogens with one attached hydrogen (secondary N) is 1. The molecule has 78 valence electrons. The molecule has 0 radical (unpaired) electrons. The van der Waals surface area contributed by atoms with Gasteiger partial charge in [-0.25, -0.2) is 0 Å². The van der Waals surface area contributed by atoms with Crippen LogP contribution in [-0.4, -0.2) is 18.8 Å². The molecule has 0 bridgehead atoms. The van der Waals surface area contributed by atoms with Crippen molar-refractivity contribution in [2.45, 2.75) is 31.7 Å². The lowest BCUT2D eigenvalue weighted by Crippen LogP contribution is -2.07. The number of hydrogen-bond donors (Lipinski definition) is 1. The molecule has 15 heavy (non-hydrogen) atoms. The lowest BCUT2D eigenvalue weighted by Gasteiger charge is -2.15. The van der Waals surface area contributed by atoms with Crippen molar-refractivity contribution in [1.82, 2.24) is 0 Å². The highest BCUT2D eigenvalue weighted by molar-refractivity contribution is 5.87. The van der Waals surface area contributed by atoms with E-state index < -0.39 is 0 Å². The van der Waals surface area contributed by atoms with Crippen molar-refractivity contribution in [3.05, 3.63) is 29.3 Å². The van der Waals surface area contributed by atoms with Crippen LogP contribution in [-0.2, 0) is 0 Å². The van der Waals surface area contributed by atoms with Crippen LogP contribution in [0.25, 0.3) is 0 Å². The van der Waals surface area contributed by atoms with Gasteiger partial charge in [-0.15, -0.1) is 0 Å². The average Bonchev–Trinajstić information content (AvgIpc) is 3.05. The van der Waals surface area contributed by atoms with E-state index in [1.54, 1.807) is 0 Å².